The minimum atomic E-state index is -0.0984. The highest BCUT2D eigenvalue weighted by molar-refractivity contribution is 6.33. The summed E-state index contributed by atoms with van der Waals surface area (Å²) >= 11 is 6.05. The molecule has 0 saturated carbocycles. The molecule has 1 aliphatic heterocycles. The number of likely N-dealkylation sites (tertiary alicyclic amines) is 1. The molecular formula is C14H20ClN3O. The van der Waals surface area contributed by atoms with E-state index in [0.717, 1.165) is 12.8 Å². The quantitative estimate of drug-likeness (QED) is 0.876. The molecule has 1 aromatic rings. The number of hydrogen-bond acceptors (Lipinski definition) is 2. The minimum absolute atomic E-state index is 0.0984. The zero-order chi connectivity index (χ0) is 13.8. The highest BCUT2D eigenvalue weighted by Gasteiger charge is 2.28. The first-order chi connectivity index (χ1) is 9.11. The number of nitrogens with two attached hydrogens (primary N) is 1. The lowest BCUT2D eigenvalue weighted by Crippen LogP contribution is -2.48. The molecule has 2 rings (SSSR count). The third-order valence-electron chi connectivity index (χ3n) is 3.69. The van der Waals surface area contributed by atoms with Gasteiger partial charge in [0.2, 0.25) is 0 Å². The Balaban J connectivity index is 2.04. The first-order valence-electron chi connectivity index (χ1n) is 6.64. The molecule has 0 radical (unpaired) electrons. The van der Waals surface area contributed by atoms with Crippen LogP contribution < -0.4 is 11.1 Å². The first-order valence-corrected chi connectivity index (χ1v) is 7.02. The van der Waals surface area contributed by atoms with Gasteiger partial charge in [-0.05, 0) is 44.4 Å². The lowest BCUT2D eigenvalue weighted by Gasteiger charge is -2.37. The number of carbonyl (C=O) groups is 1. The van der Waals surface area contributed by atoms with Gasteiger partial charge in [0.05, 0.1) is 10.7 Å². The predicted octanol–water partition coefficient (Wildman–Crippen LogP) is 2.93. The van der Waals surface area contributed by atoms with Crippen molar-refractivity contribution < 1.29 is 4.79 Å². The number of halogens is 1. The van der Waals surface area contributed by atoms with Gasteiger partial charge in [-0.25, -0.2) is 4.79 Å². The molecule has 1 heterocycles. The van der Waals surface area contributed by atoms with Gasteiger partial charge in [-0.1, -0.05) is 23.7 Å². The van der Waals surface area contributed by atoms with Gasteiger partial charge in [0.1, 0.15) is 0 Å². The van der Waals surface area contributed by atoms with Gasteiger partial charge in [0.15, 0.2) is 0 Å². The molecule has 1 saturated heterocycles. The van der Waals surface area contributed by atoms with Crippen LogP contribution in [0.3, 0.4) is 0 Å². The highest BCUT2D eigenvalue weighted by atomic mass is 35.5. The lowest BCUT2D eigenvalue weighted by atomic mass is 9.94. The van der Waals surface area contributed by atoms with E-state index in [4.69, 9.17) is 17.3 Å². The summed E-state index contributed by atoms with van der Waals surface area (Å²) in [7, 11) is 0. The molecule has 0 bridgehead atoms. The number of rotatable bonds is 2. The molecule has 5 heteroatoms. The van der Waals surface area contributed by atoms with E-state index in [0.29, 0.717) is 29.7 Å². The Kier molecular flexibility index (Phi) is 4.66. The van der Waals surface area contributed by atoms with Crippen molar-refractivity contribution in [3.05, 3.63) is 29.3 Å². The minimum Gasteiger partial charge on any atom is -0.330 e. The molecule has 2 unspecified atom stereocenters. The number of amides is 2. The zero-order valence-corrected chi connectivity index (χ0v) is 11.9. The van der Waals surface area contributed by atoms with Crippen LogP contribution in [0.2, 0.25) is 5.02 Å². The fourth-order valence-corrected chi connectivity index (χ4v) is 2.59. The summed E-state index contributed by atoms with van der Waals surface area (Å²) in [6.07, 6.45) is 2.09. The molecule has 1 fully saturated rings. The van der Waals surface area contributed by atoms with Crippen LogP contribution in [0.1, 0.15) is 19.8 Å². The van der Waals surface area contributed by atoms with Crippen LogP contribution in [-0.2, 0) is 0 Å². The van der Waals surface area contributed by atoms with E-state index in [9.17, 15) is 4.79 Å². The maximum Gasteiger partial charge on any atom is 0.322 e. The molecule has 1 aliphatic rings. The predicted molar refractivity (Wildman–Crippen MR) is 78.4 cm³/mol. The molecule has 104 valence electrons. The van der Waals surface area contributed by atoms with E-state index in [1.807, 2.05) is 17.0 Å². The monoisotopic (exact) mass is 281 g/mol. The zero-order valence-electron chi connectivity index (χ0n) is 11.1. The van der Waals surface area contributed by atoms with E-state index in [1.165, 1.54) is 0 Å². The SMILES string of the molecule is CC1CCC(CN)CN1C(=O)Nc1ccccc1Cl. The van der Waals surface area contributed by atoms with Crippen molar-refractivity contribution in [3.8, 4) is 0 Å². The van der Waals surface area contributed by atoms with Crippen molar-refractivity contribution in [3.63, 3.8) is 0 Å². The van der Waals surface area contributed by atoms with Gasteiger partial charge in [0, 0.05) is 12.6 Å². The first kappa shape index (κ1) is 14.2. The maximum absolute atomic E-state index is 12.3. The average molecular weight is 282 g/mol. The van der Waals surface area contributed by atoms with Crippen LogP contribution in [0.25, 0.3) is 0 Å². The van der Waals surface area contributed by atoms with E-state index < -0.39 is 0 Å². The summed E-state index contributed by atoms with van der Waals surface area (Å²) in [5.74, 6) is 0.396. The van der Waals surface area contributed by atoms with Crippen molar-refractivity contribution in [2.24, 2.45) is 11.7 Å². The largest absolute Gasteiger partial charge is 0.330 e. The highest BCUT2D eigenvalue weighted by Crippen LogP contribution is 2.24. The molecule has 2 amide bonds. The molecule has 0 aliphatic carbocycles. The normalized spacial score (nSPS) is 23.2. The number of benzene rings is 1. The molecule has 3 N–H and O–H groups in total. The van der Waals surface area contributed by atoms with Crippen LogP contribution in [0.5, 0.6) is 0 Å². The standard InChI is InChI=1S/C14H20ClN3O/c1-10-6-7-11(8-16)9-18(10)14(19)17-13-5-3-2-4-12(13)15/h2-5,10-11H,6-9,16H2,1H3,(H,17,19). The van der Waals surface area contributed by atoms with Gasteiger partial charge in [-0.2, -0.15) is 0 Å². The van der Waals surface area contributed by atoms with Gasteiger partial charge in [-0.3, -0.25) is 0 Å². The lowest BCUT2D eigenvalue weighted by molar-refractivity contribution is 0.144. The summed E-state index contributed by atoms with van der Waals surface area (Å²) in [5.41, 5.74) is 6.36. The number of hydrogen-bond donors (Lipinski definition) is 2. The van der Waals surface area contributed by atoms with Crippen molar-refractivity contribution in [1.82, 2.24) is 4.90 Å². The van der Waals surface area contributed by atoms with Crippen LogP contribution >= 0.6 is 11.6 Å². The number of nitrogens with one attached hydrogen (secondary N) is 1. The van der Waals surface area contributed by atoms with Crippen molar-refractivity contribution >= 4 is 23.3 Å². The van der Waals surface area contributed by atoms with Crippen LogP contribution in [-0.4, -0.2) is 30.1 Å². The Bertz CT molecular complexity index is 452. The van der Waals surface area contributed by atoms with Gasteiger partial charge < -0.3 is 16.0 Å². The second kappa shape index (κ2) is 6.26. The van der Waals surface area contributed by atoms with Crippen molar-refractivity contribution in [2.45, 2.75) is 25.8 Å². The van der Waals surface area contributed by atoms with Crippen LogP contribution in [0.15, 0.2) is 24.3 Å². The maximum atomic E-state index is 12.3. The van der Waals surface area contributed by atoms with E-state index in [2.05, 4.69) is 12.2 Å². The number of carbonyl (C=O) groups excluding carboxylic acids is 1. The summed E-state index contributed by atoms with van der Waals surface area (Å²) < 4.78 is 0. The van der Waals surface area contributed by atoms with E-state index in [1.54, 1.807) is 12.1 Å². The molecule has 0 aromatic heterocycles. The van der Waals surface area contributed by atoms with E-state index in [-0.39, 0.29) is 12.1 Å². The average Bonchev–Trinajstić information content (AvgIpc) is 2.42. The number of nitrogens with zero attached hydrogens (tertiary/aromatic N) is 1. The van der Waals surface area contributed by atoms with E-state index >= 15 is 0 Å². The summed E-state index contributed by atoms with van der Waals surface area (Å²) in [5, 5.41) is 3.42. The second-order valence-electron chi connectivity index (χ2n) is 5.09. The van der Waals surface area contributed by atoms with Gasteiger partial charge >= 0.3 is 6.03 Å². The third kappa shape index (κ3) is 3.39. The number of anilines is 1. The molecular weight excluding hydrogens is 262 g/mol. The summed E-state index contributed by atoms with van der Waals surface area (Å²) in [6.45, 7) is 3.41. The van der Waals surface area contributed by atoms with Crippen molar-refractivity contribution in [2.75, 3.05) is 18.4 Å². The van der Waals surface area contributed by atoms with Crippen LogP contribution in [0.4, 0.5) is 10.5 Å². The Morgan fingerprint density at radius 2 is 2.21 bits per heavy atom. The Labute approximate surface area is 118 Å². The Morgan fingerprint density at radius 1 is 1.47 bits per heavy atom. The smallest absolute Gasteiger partial charge is 0.322 e. The Morgan fingerprint density at radius 3 is 2.89 bits per heavy atom. The fourth-order valence-electron chi connectivity index (χ4n) is 2.41. The van der Waals surface area contributed by atoms with Gasteiger partial charge in [-0.15, -0.1) is 0 Å². The fraction of sp³-hybridized carbons (Fsp3) is 0.500. The molecule has 2 atom stereocenters. The molecule has 19 heavy (non-hydrogen) atoms. The third-order valence-corrected chi connectivity index (χ3v) is 4.02. The topological polar surface area (TPSA) is 58.4 Å². The van der Waals surface area contributed by atoms with Gasteiger partial charge in [0.25, 0.3) is 0 Å². The second-order valence-corrected chi connectivity index (χ2v) is 5.50. The number of urea groups is 1. The Hall–Kier alpha value is -1.26. The summed E-state index contributed by atoms with van der Waals surface area (Å²) in [6, 6.07) is 7.40. The summed E-state index contributed by atoms with van der Waals surface area (Å²) in [4.78, 5) is 14.2. The number of para-hydroxylation sites is 1. The molecule has 0 spiro atoms. The van der Waals surface area contributed by atoms with Crippen molar-refractivity contribution in [1.29, 1.82) is 0 Å². The molecule has 4 nitrogen and oxygen atoms in total. The van der Waals surface area contributed by atoms with Crippen LogP contribution in [0, 0.1) is 5.92 Å². The number of piperidine rings is 1. The molecule has 1 aromatic carbocycles.